The predicted molar refractivity (Wildman–Crippen MR) is 75.8 cm³/mol. The van der Waals surface area contributed by atoms with Crippen molar-refractivity contribution >= 4 is 18.4 Å². The van der Waals surface area contributed by atoms with Crippen LogP contribution in [0.4, 0.5) is 4.39 Å². The van der Waals surface area contributed by atoms with Crippen molar-refractivity contribution in [2.75, 3.05) is 0 Å². The van der Waals surface area contributed by atoms with Gasteiger partial charge in [-0.3, -0.25) is 9.78 Å². The zero-order chi connectivity index (χ0) is 15.0. The lowest BCUT2D eigenvalue weighted by Gasteiger charge is -2.05. The third kappa shape index (κ3) is 2.72. The average Bonchev–Trinajstić information content (AvgIpc) is 2.83. The number of hydrogen-bond donors (Lipinski definition) is 1. The number of nitrogens with zero attached hydrogens (tertiary/aromatic N) is 1. The first-order valence-corrected chi connectivity index (χ1v) is 6.61. The van der Waals surface area contributed by atoms with Gasteiger partial charge in [-0.25, -0.2) is 4.39 Å². The van der Waals surface area contributed by atoms with Crippen molar-refractivity contribution in [3.05, 3.63) is 58.7 Å². The monoisotopic (exact) mass is 285 g/mol. The van der Waals surface area contributed by atoms with Crippen LogP contribution in [0.15, 0.2) is 30.5 Å². The van der Waals surface area contributed by atoms with Crippen LogP contribution in [0.5, 0.6) is 0 Å². The van der Waals surface area contributed by atoms with Crippen LogP contribution in [0.2, 0.25) is 0 Å². The highest BCUT2D eigenvalue weighted by molar-refractivity contribution is 6.61. The first kappa shape index (κ1) is 13.9. The maximum Gasteiger partial charge on any atom is 0.491 e. The number of fused-ring (bicyclic) bond motifs is 1. The SMILES string of the molecule is Cc1ncc(C(=O)Cc2ccc3c(c2)B(O)OC3)cc1F. The number of halogens is 1. The van der Waals surface area contributed by atoms with Gasteiger partial charge in [0.2, 0.25) is 0 Å². The lowest BCUT2D eigenvalue weighted by atomic mass is 9.78. The van der Waals surface area contributed by atoms with E-state index >= 15 is 0 Å². The van der Waals surface area contributed by atoms with Gasteiger partial charge in [-0.05, 0) is 29.6 Å². The number of aromatic nitrogens is 1. The predicted octanol–water partition coefficient (Wildman–Crippen LogP) is 1.17. The lowest BCUT2D eigenvalue weighted by Crippen LogP contribution is -2.28. The van der Waals surface area contributed by atoms with Gasteiger partial charge in [-0.1, -0.05) is 18.2 Å². The van der Waals surface area contributed by atoms with Crippen molar-refractivity contribution in [1.82, 2.24) is 4.98 Å². The van der Waals surface area contributed by atoms with Gasteiger partial charge in [0, 0.05) is 18.2 Å². The molecule has 1 aromatic carbocycles. The van der Waals surface area contributed by atoms with Gasteiger partial charge in [-0.15, -0.1) is 0 Å². The molecule has 21 heavy (non-hydrogen) atoms. The third-order valence-electron chi connectivity index (χ3n) is 3.58. The third-order valence-corrected chi connectivity index (χ3v) is 3.58. The maximum absolute atomic E-state index is 13.4. The van der Waals surface area contributed by atoms with E-state index in [4.69, 9.17) is 4.65 Å². The van der Waals surface area contributed by atoms with E-state index in [2.05, 4.69) is 4.98 Å². The van der Waals surface area contributed by atoms with Crippen molar-refractivity contribution < 1.29 is 18.9 Å². The summed E-state index contributed by atoms with van der Waals surface area (Å²) >= 11 is 0. The van der Waals surface area contributed by atoms with Gasteiger partial charge in [0.1, 0.15) is 5.82 Å². The van der Waals surface area contributed by atoms with Crippen molar-refractivity contribution in [2.45, 2.75) is 20.0 Å². The Kier molecular flexibility index (Phi) is 3.57. The van der Waals surface area contributed by atoms with E-state index in [0.29, 0.717) is 12.1 Å². The molecule has 0 saturated heterocycles. The maximum atomic E-state index is 13.4. The zero-order valence-electron chi connectivity index (χ0n) is 11.5. The second kappa shape index (κ2) is 5.39. The number of hydrogen-bond acceptors (Lipinski definition) is 4. The van der Waals surface area contributed by atoms with E-state index in [9.17, 15) is 14.2 Å². The van der Waals surface area contributed by atoms with Crippen LogP contribution in [0.25, 0.3) is 0 Å². The molecule has 6 heteroatoms. The van der Waals surface area contributed by atoms with E-state index in [1.807, 2.05) is 12.1 Å². The summed E-state index contributed by atoms with van der Waals surface area (Å²) in [6.45, 7) is 1.92. The molecule has 0 spiro atoms. The van der Waals surface area contributed by atoms with Crippen LogP contribution in [-0.4, -0.2) is 22.9 Å². The van der Waals surface area contributed by atoms with Crippen LogP contribution >= 0.6 is 0 Å². The molecule has 1 aromatic heterocycles. The number of aryl methyl sites for hydroxylation is 1. The molecule has 0 amide bonds. The van der Waals surface area contributed by atoms with Crippen molar-refractivity contribution in [1.29, 1.82) is 0 Å². The summed E-state index contributed by atoms with van der Waals surface area (Å²) in [7, 11) is -0.937. The minimum absolute atomic E-state index is 0.129. The molecular weight excluding hydrogens is 272 g/mol. The summed E-state index contributed by atoms with van der Waals surface area (Å²) in [4.78, 5) is 16.0. The molecule has 106 valence electrons. The number of pyridine rings is 1. The zero-order valence-corrected chi connectivity index (χ0v) is 11.5. The van der Waals surface area contributed by atoms with E-state index in [-0.39, 0.29) is 23.5 Å². The van der Waals surface area contributed by atoms with E-state index in [1.54, 1.807) is 13.0 Å². The Balaban J connectivity index is 1.82. The fraction of sp³-hybridized carbons (Fsp3) is 0.200. The van der Waals surface area contributed by atoms with E-state index in [0.717, 1.165) is 11.1 Å². The number of carbonyl (C=O) groups excluding carboxylic acids is 1. The molecule has 0 bridgehead atoms. The highest BCUT2D eigenvalue weighted by Gasteiger charge is 2.27. The summed E-state index contributed by atoms with van der Waals surface area (Å²) in [6, 6.07) is 6.61. The standard InChI is InChI=1S/C15H13BFNO3/c1-9-14(17)6-12(7-18-9)15(19)5-10-2-3-11-8-21-16(20)13(11)4-10/h2-4,6-7,20H,5,8H2,1H3. The van der Waals surface area contributed by atoms with E-state index in [1.165, 1.54) is 12.3 Å². The quantitative estimate of drug-likeness (QED) is 0.679. The highest BCUT2D eigenvalue weighted by atomic mass is 19.1. The number of ketones is 1. The first-order chi connectivity index (χ1) is 10.0. The normalized spacial score (nSPS) is 13.4. The molecule has 3 rings (SSSR count). The number of rotatable bonds is 3. The average molecular weight is 285 g/mol. The second-order valence-electron chi connectivity index (χ2n) is 5.09. The Bertz CT molecular complexity index is 720. The molecule has 0 aliphatic carbocycles. The molecule has 1 aliphatic heterocycles. The summed E-state index contributed by atoms with van der Waals surface area (Å²) in [5.41, 5.74) is 2.87. The van der Waals surface area contributed by atoms with E-state index < -0.39 is 12.9 Å². The minimum atomic E-state index is -0.937. The van der Waals surface area contributed by atoms with Gasteiger partial charge in [0.05, 0.1) is 12.3 Å². The van der Waals surface area contributed by atoms with Gasteiger partial charge < -0.3 is 9.68 Å². The minimum Gasteiger partial charge on any atom is -0.423 e. The molecule has 0 radical (unpaired) electrons. The number of benzene rings is 1. The van der Waals surface area contributed by atoms with Crippen LogP contribution < -0.4 is 5.46 Å². The van der Waals surface area contributed by atoms with Crippen LogP contribution in [0.3, 0.4) is 0 Å². The van der Waals surface area contributed by atoms with Crippen molar-refractivity contribution in [2.24, 2.45) is 0 Å². The Labute approximate surface area is 121 Å². The smallest absolute Gasteiger partial charge is 0.423 e. The Morgan fingerprint density at radius 2 is 2.29 bits per heavy atom. The molecular formula is C15H13BFNO3. The molecule has 4 nitrogen and oxygen atoms in total. The number of carbonyl (C=O) groups is 1. The molecule has 0 fully saturated rings. The molecule has 0 unspecified atom stereocenters. The highest BCUT2D eigenvalue weighted by Crippen LogP contribution is 2.14. The topological polar surface area (TPSA) is 59.4 Å². The molecule has 1 aliphatic rings. The first-order valence-electron chi connectivity index (χ1n) is 6.61. The van der Waals surface area contributed by atoms with Gasteiger partial charge >= 0.3 is 7.12 Å². The van der Waals surface area contributed by atoms with Gasteiger partial charge in [0.15, 0.2) is 5.78 Å². The van der Waals surface area contributed by atoms with Crippen LogP contribution in [0, 0.1) is 12.7 Å². The van der Waals surface area contributed by atoms with Gasteiger partial charge in [-0.2, -0.15) is 0 Å². The summed E-state index contributed by atoms with van der Waals surface area (Å²) in [6.07, 6.45) is 1.51. The Morgan fingerprint density at radius 1 is 1.48 bits per heavy atom. The summed E-state index contributed by atoms with van der Waals surface area (Å²) in [5.74, 6) is -0.701. The second-order valence-corrected chi connectivity index (χ2v) is 5.09. The van der Waals surface area contributed by atoms with Crippen molar-refractivity contribution in [3.8, 4) is 0 Å². The Hall–Kier alpha value is -2.05. The molecule has 0 saturated carbocycles. The summed E-state index contributed by atoms with van der Waals surface area (Å²) < 4.78 is 18.6. The lowest BCUT2D eigenvalue weighted by molar-refractivity contribution is 0.0992. The van der Waals surface area contributed by atoms with Crippen LogP contribution in [-0.2, 0) is 17.7 Å². The van der Waals surface area contributed by atoms with Crippen molar-refractivity contribution in [3.63, 3.8) is 0 Å². The molecule has 0 atom stereocenters. The largest absolute Gasteiger partial charge is 0.491 e. The molecule has 2 aromatic rings. The molecule has 2 heterocycles. The number of Topliss-reactive ketones (excluding diaryl/α,β-unsaturated/α-hetero) is 1. The fourth-order valence-corrected chi connectivity index (χ4v) is 2.32. The van der Waals surface area contributed by atoms with Gasteiger partial charge in [0.25, 0.3) is 0 Å². The summed E-state index contributed by atoms with van der Waals surface area (Å²) in [5, 5.41) is 9.66. The Morgan fingerprint density at radius 3 is 3.05 bits per heavy atom. The fourth-order valence-electron chi connectivity index (χ4n) is 2.32. The molecule has 1 N–H and O–H groups in total. The van der Waals surface area contributed by atoms with Crippen LogP contribution in [0.1, 0.15) is 27.2 Å².